The second-order valence-electron chi connectivity index (χ2n) is 4.50. The molecule has 2 N–H and O–H groups in total. The summed E-state index contributed by atoms with van der Waals surface area (Å²) < 4.78 is 10.4. The van der Waals surface area contributed by atoms with Crippen molar-refractivity contribution in [2.45, 2.75) is 0 Å². The predicted molar refractivity (Wildman–Crippen MR) is 77.1 cm³/mol. The average Bonchev–Trinajstić information content (AvgIpc) is 2.55. The Morgan fingerprint density at radius 1 is 1.24 bits per heavy atom. The summed E-state index contributed by atoms with van der Waals surface area (Å²) in [5.74, 6) is 1.76. The van der Waals surface area contributed by atoms with Gasteiger partial charge in [0.05, 0.1) is 20.3 Å². The number of methoxy groups -OCH3 is 1. The molecule has 0 bridgehead atoms. The molecule has 110 valence electrons. The number of hydrogen-bond donors (Lipinski definition) is 1. The number of pyridine rings is 1. The Morgan fingerprint density at radius 3 is 2.81 bits per heavy atom. The van der Waals surface area contributed by atoms with Crippen LogP contribution in [0.2, 0.25) is 0 Å². The molecular formula is C13H16N6O2. The van der Waals surface area contributed by atoms with Gasteiger partial charge in [0.2, 0.25) is 17.8 Å². The Kier molecular flexibility index (Phi) is 3.78. The van der Waals surface area contributed by atoms with Crippen molar-refractivity contribution in [2.24, 2.45) is 0 Å². The van der Waals surface area contributed by atoms with Crippen LogP contribution >= 0.6 is 0 Å². The molecule has 1 saturated heterocycles. The molecular weight excluding hydrogens is 272 g/mol. The topological polar surface area (TPSA) is 99.3 Å². The molecule has 3 rings (SSSR count). The summed E-state index contributed by atoms with van der Waals surface area (Å²) in [4.78, 5) is 19.0. The first-order valence-corrected chi connectivity index (χ1v) is 6.61. The summed E-state index contributed by atoms with van der Waals surface area (Å²) in [7, 11) is 1.56. The molecule has 0 spiro atoms. The van der Waals surface area contributed by atoms with E-state index in [1.54, 1.807) is 25.4 Å². The van der Waals surface area contributed by atoms with Crippen molar-refractivity contribution < 1.29 is 9.47 Å². The minimum Gasteiger partial charge on any atom is -0.481 e. The third kappa shape index (κ3) is 3.00. The van der Waals surface area contributed by atoms with Gasteiger partial charge in [-0.1, -0.05) is 0 Å². The normalized spacial score (nSPS) is 15.0. The average molecular weight is 288 g/mol. The molecule has 0 saturated carbocycles. The summed E-state index contributed by atoms with van der Waals surface area (Å²) in [6.45, 7) is 2.79. The third-order valence-corrected chi connectivity index (χ3v) is 3.14. The number of hydrogen-bond acceptors (Lipinski definition) is 8. The van der Waals surface area contributed by atoms with Crippen LogP contribution in [0, 0.1) is 0 Å². The van der Waals surface area contributed by atoms with Gasteiger partial charge in [0.15, 0.2) is 5.82 Å². The Hall–Kier alpha value is -2.48. The number of aromatic nitrogens is 4. The Morgan fingerprint density at radius 2 is 2.05 bits per heavy atom. The highest BCUT2D eigenvalue weighted by Gasteiger charge is 2.16. The molecule has 0 amide bonds. The zero-order chi connectivity index (χ0) is 14.7. The summed E-state index contributed by atoms with van der Waals surface area (Å²) in [6, 6.07) is 3.57. The van der Waals surface area contributed by atoms with Crippen LogP contribution in [0.1, 0.15) is 0 Å². The first-order valence-electron chi connectivity index (χ1n) is 6.61. The quantitative estimate of drug-likeness (QED) is 0.864. The minimum absolute atomic E-state index is 0.192. The molecule has 0 atom stereocenters. The Balaban J connectivity index is 1.96. The van der Waals surface area contributed by atoms with Gasteiger partial charge in [-0.3, -0.25) is 0 Å². The molecule has 8 heteroatoms. The summed E-state index contributed by atoms with van der Waals surface area (Å²) in [5.41, 5.74) is 6.59. The number of anilines is 2. The van der Waals surface area contributed by atoms with Crippen LogP contribution in [-0.4, -0.2) is 53.3 Å². The van der Waals surface area contributed by atoms with E-state index in [1.165, 1.54) is 0 Å². The zero-order valence-corrected chi connectivity index (χ0v) is 11.7. The van der Waals surface area contributed by atoms with E-state index in [4.69, 9.17) is 15.2 Å². The molecule has 1 aliphatic heterocycles. The van der Waals surface area contributed by atoms with Gasteiger partial charge in [-0.05, 0) is 6.07 Å². The lowest BCUT2D eigenvalue weighted by molar-refractivity contribution is 0.122. The fourth-order valence-electron chi connectivity index (χ4n) is 2.07. The molecule has 0 aromatic carbocycles. The second-order valence-corrected chi connectivity index (χ2v) is 4.50. The molecule has 2 aromatic heterocycles. The summed E-state index contributed by atoms with van der Waals surface area (Å²) in [5, 5.41) is 0. The van der Waals surface area contributed by atoms with Gasteiger partial charge in [0, 0.05) is 30.9 Å². The van der Waals surface area contributed by atoms with Crippen LogP contribution in [0.4, 0.5) is 11.9 Å². The van der Waals surface area contributed by atoms with Gasteiger partial charge >= 0.3 is 0 Å². The van der Waals surface area contributed by atoms with Crippen molar-refractivity contribution in [1.82, 2.24) is 19.9 Å². The predicted octanol–water partition coefficient (Wildman–Crippen LogP) is 0.361. The van der Waals surface area contributed by atoms with Crippen LogP contribution in [-0.2, 0) is 4.74 Å². The highest BCUT2D eigenvalue weighted by Crippen LogP contribution is 2.21. The SMILES string of the molecule is COc1cc(-c2nc(N)nc(N3CCOCC3)n2)ccn1. The molecule has 0 radical (unpaired) electrons. The second kappa shape index (κ2) is 5.88. The number of nitrogen functional groups attached to an aromatic ring is 1. The molecule has 3 heterocycles. The van der Waals surface area contributed by atoms with E-state index in [0.717, 1.165) is 18.7 Å². The fourth-order valence-corrected chi connectivity index (χ4v) is 2.07. The van der Waals surface area contributed by atoms with Gasteiger partial charge in [-0.25, -0.2) is 4.98 Å². The molecule has 21 heavy (non-hydrogen) atoms. The zero-order valence-electron chi connectivity index (χ0n) is 11.7. The van der Waals surface area contributed by atoms with Crippen molar-refractivity contribution in [2.75, 3.05) is 44.0 Å². The van der Waals surface area contributed by atoms with E-state index in [0.29, 0.717) is 30.9 Å². The van der Waals surface area contributed by atoms with Crippen molar-refractivity contribution in [3.8, 4) is 17.3 Å². The number of nitrogens with two attached hydrogens (primary N) is 1. The van der Waals surface area contributed by atoms with Crippen molar-refractivity contribution in [3.63, 3.8) is 0 Å². The third-order valence-electron chi connectivity index (χ3n) is 3.14. The number of morpholine rings is 1. The summed E-state index contributed by atoms with van der Waals surface area (Å²) in [6.07, 6.45) is 1.64. The lowest BCUT2D eigenvalue weighted by atomic mass is 10.2. The summed E-state index contributed by atoms with van der Waals surface area (Å²) >= 11 is 0. The number of rotatable bonds is 3. The highest BCUT2D eigenvalue weighted by atomic mass is 16.5. The van der Waals surface area contributed by atoms with Crippen LogP contribution in [0.25, 0.3) is 11.4 Å². The fraction of sp³-hybridized carbons (Fsp3) is 0.385. The van der Waals surface area contributed by atoms with Gasteiger partial charge in [0.1, 0.15) is 0 Å². The largest absolute Gasteiger partial charge is 0.481 e. The molecule has 1 fully saturated rings. The van der Waals surface area contributed by atoms with E-state index in [-0.39, 0.29) is 5.95 Å². The molecule has 1 aliphatic rings. The maximum Gasteiger partial charge on any atom is 0.230 e. The van der Waals surface area contributed by atoms with Gasteiger partial charge < -0.3 is 20.1 Å². The van der Waals surface area contributed by atoms with E-state index < -0.39 is 0 Å². The molecule has 2 aromatic rings. The van der Waals surface area contributed by atoms with Gasteiger partial charge in [-0.2, -0.15) is 15.0 Å². The minimum atomic E-state index is 0.192. The van der Waals surface area contributed by atoms with E-state index >= 15 is 0 Å². The smallest absolute Gasteiger partial charge is 0.230 e. The van der Waals surface area contributed by atoms with Crippen molar-refractivity contribution >= 4 is 11.9 Å². The molecule has 8 nitrogen and oxygen atoms in total. The van der Waals surface area contributed by atoms with Crippen LogP contribution in [0.3, 0.4) is 0 Å². The van der Waals surface area contributed by atoms with Crippen molar-refractivity contribution in [3.05, 3.63) is 18.3 Å². The standard InChI is InChI=1S/C13H16N6O2/c1-20-10-8-9(2-3-15-10)11-16-12(14)18-13(17-11)19-4-6-21-7-5-19/h2-3,8H,4-7H2,1H3,(H2,14,16,17,18). The van der Waals surface area contributed by atoms with Crippen LogP contribution in [0.15, 0.2) is 18.3 Å². The van der Waals surface area contributed by atoms with Crippen LogP contribution < -0.4 is 15.4 Å². The van der Waals surface area contributed by atoms with Crippen LogP contribution in [0.5, 0.6) is 5.88 Å². The maximum absolute atomic E-state index is 5.81. The highest BCUT2D eigenvalue weighted by molar-refractivity contribution is 5.58. The monoisotopic (exact) mass is 288 g/mol. The van der Waals surface area contributed by atoms with E-state index in [2.05, 4.69) is 19.9 Å². The maximum atomic E-state index is 5.81. The molecule has 0 unspecified atom stereocenters. The number of nitrogens with zero attached hydrogens (tertiary/aromatic N) is 5. The van der Waals surface area contributed by atoms with E-state index in [9.17, 15) is 0 Å². The van der Waals surface area contributed by atoms with E-state index in [1.807, 2.05) is 4.90 Å². The Bertz CT molecular complexity index is 630. The Labute approximate surface area is 122 Å². The molecule has 0 aliphatic carbocycles. The van der Waals surface area contributed by atoms with Gasteiger partial charge in [0.25, 0.3) is 0 Å². The lowest BCUT2D eigenvalue weighted by Crippen LogP contribution is -2.37. The first kappa shape index (κ1) is 13.5. The van der Waals surface area contributed by atoms with Crippen molar-refractivity contribution in [1.29, 1.82) is 0 Å². The first-order chi connectivity index (χ1) is 10.3. The lowest BCUT2D eigenvalue weighted by Gasteiger charge is -2.26. The number of ether oxygens (including phenoxy) is 2. The van der Waals surface area contributed by atoms with Gasteiger partial charge in [-0.15, -0.1) is 0 Å².